The van der Waals surface area contributed by atoms with Crippen molar-refractivity contribution in [1.82, 2.24) is 0 Å². The molecule has 0 unspecified atom stereocenters. The SMILES string of the molecule is [Ag].[Au].[Ni].[Pd]. The molecule has 0 rings (SSSR count). The summed E-state index contributed by atoms with van der Waals surface area (Å²) in [5.74, 6) is 0. The molecule has 0 aromatic carbocycles. The summed E-state index contributed by atoms with van der Waals surface area (Å²) in [6.45, 7) is 0. The molecule has 0 aliphatic heterocycles. The Morgan fingerprint density at radius 3 is 1.00 bits per heavy atom. The molecule has 0 amide bonds. The van der Waals surface area contributed by atoms with Crippen molar-refractivity contribution < 1.29 is 81.7 Å². The first-order valence-corrected chi connectivity index (χ1v) is 0. The Morgan fingerprint density at radius 2 is 1.00 bits per heavy atom. The molecule has 0 bridgehead atoms. The molecule has 0 aliphatic rings. The van der Waals surface area contributed by atoms with Crippen LogP contribution in [0.2, 0.25) is 0 Å². The molecular weight excluding hydrogens is 470 g/mol. The molecule has 0 N–H and O–H groups in total. The fourth-order valence-corrected chi connectivity index (χ4v) is 0. The van der Waals surface area contributed by atoms with Crippen LogP contribution in [0.1, 0.15) is 0 Å². The topological polar surface area (TPSA) is 0 Å². The molecule has 0 heterocycles. The van der Waals surface area contributed by atoms with E-state index in [0.717, 1.165) is 0 Å². The zero-order valence-electron chi connectivity index (χ0n) is 1.24. The molecule has 0 saturated heterocycles. The minimum Gasteiger partial charge on any atom is 0 e. The van der Waals surface area contributed by atoms with Crippen molar-refractivity contribution in [3.8, 4) is 0 Å². The molecule has 0 fully saturated rings. The molecule has 0 atom stereocenters. The average Bonchev–Trinajstić information content (AvgIpc) is 0. The van der Waals surface area contributed by atoms with Gasteiger partial charge in [-0.3, -0.25) is 0 Å². The summed E-state index contributed by atoms with van der Waals surface area (Å²) >= 11 is 0. The van der Waals surface area contributed by atoms with E-state index in [2.05, 4.69) is 0 Å². The van der Waals surface area contributed by atoms with Gasteiger partial charge in [-0.1, -0.05) is 0 Å². The van der Waals surface area contributed by atoms with E-state index in [4.69, 9.17) is 0 Å². The molecule has 2 radical (unpaired) electrons. The van der Waals surface area contributed by atoms with Gasteiger partial charge in [0.2, 0.25) is 0 Å². The van der Waals surface area contributed by atoms with Gasteiger partial charge in [0.25, 0.3) is 0 Å². The van der Waals surface area contributed by atoms with E-state index < -0.39 is 0 Å². The van der Waals surface area contributed by atoms with Crippen molar-refractivity contribution >= 4 is 0 Å². The summed E-state index contributed by atoms with van der Waals surface area (Å²) in [7, 11) is 0. The van der Waals surface area contributed by atoms with Crippen molar-refractivity contribution in [1.29, 1.82) is 0 Å². The third-order valence-corrected chi connectivity index (χ3v) is 0. The van der Waals surface area contributed by atoms with E-state index >= 15 is 0 Å². The summed E-state index contributed by atoms with van der Waals surface area (Å²) in [6, 6.07) is 0. The second kappa shape index (κ2) is 17.4. The molecule has 42 valence electrons. The summed E-state index contributed by atoms with van der Waals surface area (Å²) in [6.07, 6.45) is 0. The van der Waals surface area contributed by atoms with Gasteiger partial charge in [0.1, 0.15) is 0 Å². The van der Waals surface area contributed by atoms with Crippen molar-refractivity contribution in [2.75, 3.05) is 0 Å². The van der Waals surface area contributed by atoms with Crippen molar-refractivity contribution in [2.24, 2.45) is 0 Å². The van der Waals surface area contributed by atoms with Gasteiger partial charge in [0.05, 0.1) is 0 Å². The van der Waals surface area contributed by atoms with Gasteiger partial charge in [-0.25, -0.2) is 0 Å². The normalized spacial score (nSPS) is 0. The van der Waals surface area contributed by atoms with Gasteiger partial charge in [-0.15, -0.1) is 0 Å². The molecule has 4 heteroatoms. The first-order valence-electron chi connectivity index (χ1n) is 0. The predicted octanol–water partition coefficient (Wildman–Crippen LogP) is -0.0100. The van der Waals surface area contributed by atoms with Crippen LogP contribution in [0.3, 0.4) is 0 Å². The standard InChI is InChI=1S/Ag.Au.Ni.Pd. The minimum atomic E-state index is 0. The Hall–Kier alpha value is 2.64. The van der Waals surface area contributed by atoms with Crippen molar-refractivity contribution in [2.45, 2.75) is 0 Å². The number of hydrogen-bond acceptors (Lipinski definition) is 0. The molecule has 0 nitrogen and oxygen atoms in total. The van der Waals surface area contributed by atoms with Gasteiger partial charge < -0.3 is 0 Å². The van der Waals surface area contributed by atoms with Gasteiger partial charge in [0.15, 0.2) is 0 Å². The van der Waals surface area contributed by atoms with Gasteiger partial charge >= 0.3 is 0 Å². The Bertz CT molecular complexity index is 8.00. The van der Waals surface area contributed by atoms with Crippen LogP contribution in [0.5, 0.6) is 0 Å². The second-order valence-corrected chi connectivity index (χ2v) is 0. The van der Waals surface area contributed by atoms with Crippen LogP contribution < -0.4 is 0 Å². The maximum absolute atomic E-state index is 0. The quantitative estimate of drug-likeness (QED) is 0.438. The molecular formula is AgAuNiPd. The summed E-state index contributed by atoms with van der Waals surface area (Å²) in [5.41, 5.74) is 0. The van der Waals surface area contributed by atoms with E-state index in [1.165, 1.54) is 0 Å². The fourth-order valence-electron chi connectivity index (χ4n) is 0. The van der Waals surface area contributed by atoms with Gasteiger partial charge in [-0.2, -0.15) is 0 Å². The Labute approximate surface area is 80.5 Å². The molecule has 0 saturated carbocycles. The first kappa shape index (κ1) is 30.3. The number of hydrogen-bond donors (Lipinski definition) is 0. The molecule has 0 aromatic rings. The van der Waals surface area contributed by atoms with E-state index in [1.807, 2.05) is 0 Å². The maximum atomic E-state index is 0. The van der Waals surface area contributed by atoms with E-state index in [1.54, 1.807) is 0 Å². The molecule has 0 aromatic heterocycles. The van der Waals surface area contributed by atoms with Crippen LogP contribution in [0, 0.1) is 0 Å². The van der Waals surface area contributed by atoms with Crippen LogP contribution in [-0.2, 0) is 81.7 Å². The van der Waals surface area contributed by atoms with E-state index in [9.17, 15) is 0 Å². The third kappa shape index (κ3) is 8.82. The van der Waals surface area contributed by atoms with Crippen molar-refractivity contribution in [3.05, 3.63) is 0 Å². The van der Waals surface area contributed by atoms with Crippen LogP contribution in [-0.4, -0.2) is 0 Å². The monoisotopic (exact) mass is 468 g/mol. The largest absolute Gasteiger partial charge is 0 e. The molecule has 4 heavy (non-hydrogen) atoms. The zero-order chi connectivity index (χ0) is 0. The Morgan fingerprint density at radius 1 is 1.00 bits per heavy atom. The van der Waals surface area contributed by atoms with Crippen LogP contribution in [0.15, 0.2) is 0 Å². The Kier molecular flexibility index (Phi) is 132. The summed E-state index contributed by atoms with van der Waals surface area (Å²) < 4.78 is 0. The van der Waals surface area contributed by atoms with Gasteiger partial charge in [0, 0.05) is 81.7 Å². The second-order valence-electron chi connectivity index (χ2n) is 0. The Balaban J connectivity index is 0. The number of rotatable bonds is 0. The average molecular weight is 470 g/mol. The smallest absolute Gasteiger partial charge is 0 e. The first-order chi connectivity index (χ1) is 0. The zero-order valence-corrected chi connectivity index (χ0v) is 7.43. The summed E-state index contributed by atoms with van der Waals surface area (Å²) in [5, 5.41) is 0. The molecule has 0 spiro atoms. The van der Waals surface area contributed by atoms with Gasteiger partial charge in [-0.05, 0) is 0 Å². The maximum Gasteiger partial charge on any atom is 0 e. The predicted molar refractivity (Wildman–Crippen MR) is 0 cm³/mol. The summed E-state index contributed by atoms with van der Waals surface area (Å²) in [4.78, 5) is 0. The third-order valence-electron chi connectivity index (χ3n) is 0. The molecule has 0 aliphatic carbocycles. The van der Waals surface area contributed by atoms with Crippen LogP contribution >= 0.6 is 0 Å². The van der Waals surface area contributed by atoms with E-state index in [0.29, 0.717) is 0 Å². The minimum absolute atomic E-state index is 0. The van der Waals surface area contributed by atoms with Crippen molar-refractivity contribution in [3.63, 3.8) is 0 Å². The van der Waals surface area contributed by atoms with Crippen LogP contribution in [0.25, 0.3) is 0 Å². The fraction of sp³-hybridized carbons (Fsp3) is 0. The van der Waals surface area contributed by atoms with Crippen LogP contribution in [0.4, 0.5) is 0 Å². The van der Waals surface area contributed by atoms with E-state index in [-0.39, 0.29) is 81.7 Å².